The minimum atomic E-state index is -0.139. The van der Waals surface area contributed by atoms with Gasteiger partial charge < -0.3 is 10.1 Å². The molecule has 1 saturated heterocycles. The molecule has 2 N–H and O–H groups in total. The number of amides is 2. The molecule has 2 heterocycles. The van der Waals surface area contributed by atoms with Gasteiger partial charge in [0, 0.05) is 42.8 Å². The quantitative estimate of drug-likeness (QED) is 0.880. The number of rotatable bonds is 2. The van der Waals surface area contributed by atoms with Crippen LogP contribution in [0.15, 0.2) is 6.07 Å². The van der Waals surface area contributed by atoms with E-state index < -0.39 is 0 Å². The summed E-state index contributed by atoms with van der Waals surface area (Å²) in [6, 6.07) is 2.00. The second kappa shape index (κ2) is 4.98. The van der Waals surface area contributed by atoms with Crippen LogP contribution >= 0.6 is 0 Å². The number of nitrogens with zero attached hydrogens (tertiary/aromatic N) is 2. The molecule has 0 radical (unpaired) electrons. The number of fused-ring (bicyclic) bond motifs is 2. The van der Waals surface area contributed by atoms with E-state index in [0.717, 1.165) is 18.7 Å². The number of aromatic nitrogens is 2. The Bertz CT molecular complexity index is 571. The van der Waals surface area contributed by atoms with Crippen LogP contribution in [0.25, 0.3) is 0 Å². The Balaban J connectivity index is 1.44. The van der Waals surface area contributed by atoms with Crippen LogP contribution in [-0.4, -0.2) is 34.6 Å². The zero-order valence-corrected chi connectivity index (χ0v) is 13.3. The van der Waals surface area contributed by atoms with Crippen molar-refractivity contribution in [3.8, 4) is 0 Å². The Morgan fingerprint density at radius 2 is 2.23 bits per heavy atom. The third-order valence-corrected chi connectivity index (χ3v) is 5.93. The standard InChI is InChI=1S/C16H24N4O2/c1-10-9-12(19-20(10)2)17-15(21)18-13-11-5-8-22-14(11)16(13)6-3-4-7-16/h9,11,13-14H,3-8H2,1-2H3,(H2,17,18,19,21)/t11-,13+,14-/m0/s1. The third-order valence-electron chi connectivity index (χ3n) is 5.93. The monoisotopic (exact) mass is 304 g/mol. The minimum Gasteiger partial charge on any atom is -0.377 e. The zero-order valence-electron chi connectivity index (χ0n) is 13.3. The summed E-state index contributed by atoms with van der Waals surface area (Å²) in [5.41, 5.74) is 1.22. The van der Waals surface area contributed by atoms with Gasteiger partial charge in [0.2, 0.25) is 0 Å². The molecule has 0 aromatic carbocycles. The molecule has 2 amide bonds. The van der Waals surface area contributed by atoms with Gasteiger partial charge in [-0.15, -0.1) is 0 Å². The van der Waals surface area contributed by atoms with Crippen LogP contribution in [0.1, 0.15) is 37.8 Å². The molecule has 3 fully saturated rings. The first-order chi connectivity index (χ1) is 10.6. The lowest BCUT2D eigenvalue weighted by Crippen LogP contribution is -2.68. The molecule has 1 aliphatic heterocycles. The molecular formula is C16H24N4O2. The van der Waals surface area contributed by atoms with Crippen LogP contribution < -0.4 is 10.6 Å². The molecule has 4 rings (SSSR count). The molecular weight excluding hydrogens is 280 g/mol. The number of carbonyl (C=O) groups excluding carboxylic acids is 1. The van der Waals surface area contributed by atoms with Crippen LogP contribution in [0.3, 0.4) is 0 Å². The van der Waals surface area contributed by atoms with Gasteiger partial charge in [-0.25, -0.2) is 4.79 Å². The summed E-state index contributed by atoms with van der Waals surface area (Å²) in [6.07, 6.45) is 6.32. The van der Waals surface area contributed by atoms with Gasteiger partial charge in [0.25, 0.3) is 0 Å². The van der Waals surface area contributed by atoms with Gasteiger partial charge in [-0.05, 0) is 26.2 Å². The zero-order chi connectivity index (χ0) is 15.3. The Kier molecular flexibility index (Phi) is 3.18. The smallest absolute Gasteiger partial charge is 0.320 e. The Morgan fingerprint density at radius 3 is 2.91 bits per heavy atom. The molecule has 1 aromatic rings. The molecule has 1 aromatic heterocycles. The number of ether oxygens (including phenoxy) is 1. The lowest BCUT2D eigenvalue weighted by molar-refractivity contribution is -0.125. The number of urea groups is 1. The van der Waals surface area contributed by atoms with Crippen LogP contribution in [0.5, 0.6) is 0 Å². The lowest BCUT2D eigenvalue weighted by Gasteiger charge is -2.56. The minimum absolute atomic E-state index is 0.139. The fourth-order valence-corrected chi connectivity index (χ4v) is 4.82. The van der Waals surface area contributed by atoms with Crippen molar-refractivity contribution in [2.24, 2.45) is 18.4 Å². The number of hydrogen-bond donors (Lipinski definition) is 2. The molecule has 2 aliphatic carbocycles. The van der Waals surface area contributed by atoms with E-state index >= 15 is 0 Å². The Labute approximate surface area is 130 Å². The maximum atomic E-state index is 12.4. The van der Waals surface area contributed by atoms with E-state index in [1.165, 1.54) is 25.7 Å². The largest absolute Gasteiger partial charge is 0.377 e. The summed E-state index contributed by atoms with van der Waals surface area (Å²) in [6.45, 7) is 2.81. The van der Waals surface area contributed by atoms with Crippen molar-refractivity contribution in [2.45, 2.75) is 51.2 Å². The molecule has 2 saturated carbocycles. The Morgan fingerprint density at radius 1 is 1.45 bits per heavy atom. The molecule has 22 heavy (non-hydrogen) atoms. The van der Waals surface area contributed by atoms with E-state index in [9.17, 15) is 4.79 Å². The highest BCUT2D eigenvalue weighted by Gasteiger charge is 2.65. The van der Waals surface area contributed by atoms with Crippen molar-refractivity contribution in [3.05, 3.63) is 11.8 Å². The molecule has 6 nitrogen and oxygen atoms in total. The Hall–Kier alpha value is -1.56. The average molecular weight is 304 g/mol. The SMILES string of the molecule is Cc1cc(NC(=O)N[C@@H]2[C@@H]3CCO[C@@H]3C23CCCC3)nn1C. The van der Waals surface area contributed by atoms with Crippen LogP contribution in [0.4, 0.5) is 10.6 Å². The fourth-order valence-electron chi connectivity index (χ4n) is 4.82. The molecule has 0 bridgehead atoms. The number of anilines is 1. The molecule has 3 aliphatic rings. The first kappa shape index (κ1) is 14.1. The number of carbonyl (C=O) groups is 1. The fraction of sp³-hybridized carbons (Fsp3) is 0.750. The number of nitrogens with one attached hydrogen (secondary N) is 2. The molecule has 0 unspecified atom stereocenters. The van der Waals surface area contributed by atoms with Crippen molar-refractivity contribution >= 4 is 11.8 Å². The van der Waals surface area contributed by atoms with Gasteiger partial charge >= 0.3 is 6.03 Å². The summed E-state index contributed by atoms with van der Waals surface area (Å²) >= 11 is 0. The average Bonchev–Trinajstić information content (AvgIpc) is 3.17. The first-order valence-corrected chi connectivity index (χ1v) is 8.30. The second-order valence-corrected chi connectivity index (χ2v) is 7.05. The maximum Gasteiger partial charge on any atom is 0.320 e. The van der Waals surface area contributed by atoms with Crippen LogP contribution in [-0.2, 0) is 11.8 Å². The molecule has 6 heteroatoms. The van der Waals surface area contributed by atoms with E-state index in [2.05, 4.69) is 15.7 Å². The summed E-state index contributed by atoms with van der Waals surface area (Å²) in [7, 11) is 1.87. The van der Waals surface area contributed by atoms with Crippen molar-refractivity contribution in [1.82, 2.24) is 15.1 Å². The van der Waals surface area contributed by atoms with Gasteiger partial charge in [0.15, 0.2) is 5.82 Å². The number of hydrogen-bond acceptors (Lipinski definition) is 3. The van der Waals surface area contributed by atoms with Gasteiger partial charge in [-0.2, -0.15) is 5.10 Å². The topological polar surface area (TPSA) is 68.2 Å². The summed E-state index contributed by atoms with van der Waals surface area (Å²) in [5.74, 6) is 1.10. The van der Waals surface area contributed by atoms with Gasteiger partial charge in [0.05, 0.1) is 6.10 Å². The highest BCUT2D eigenvalue weighted by atomic mass is 16.5. The summed E-state index contributed by atoms with van der Waals surface area (Å²) < 4.78 is 7.71. The van der Waals surface area contributed by atoms with E-state index in [1.807, 2.05) is 20.0 Å². The third kappa shape index (κ3) is 1.96. The second-order valence-electron chi connectivity index (χ2n) is 7.05. The van der Waals surface area contributed by atoms with Crippen LogP contribution in [0, 0.1) is 18.3 Å². The summed E-state index contributed by atoms with van der Waals surface area (Å²) in [4.78, 5) is 12.4. The maximum absolute atomic E-state index is 12.4. The van der Waals surface area contributed by atoms with E-state index in [0.29, 0.717) is 17.8 Å². The van der Waals surface area contributed by atoms with Crippen molar-refractivity contribution in [1.29, 1.82) is 0 Å². The van der Waals surface area contributed by atoms with E-state index in [1.54, 1.807) is 4.68 Å². The van der Waals surface area contributed by atoms with Gasteiger partial charge in [0.1, 0.15) is 0 Å². The van der Waals surface area contributed by atoms with Crippen LogP contribution in [0.2, 0.25) is 0 Å². The highest BCUT2D eigenvalue weighted by molar-refractivity contribution is 5.88. The van der Waals surface area contributed by atoms with Crippen molar-refractivity contribution in [3.63, 3.8) is 0 Å². The summed E-state index contributed by atoms with van der Waals surface area (Å²) in [5, 5.41) is 10.4. The highest BCUT2D eigenvalue weighted by Crippen LogP contribution is 2.60. The predicted molar refractivity (Wildman–Crippen MR) is 82.6 cm³/mol. The molecule has 120 valence electrons. The predicted octanol–water partition coefficient (Wildman–Crippen LogP) is 2.20. The van der Waals surface area contributed by atoms with Gasteiger partial charge in [-0.3, -0.25) is 10.00 Å². The molecule has 1 spiro atoms. The van der Waals surface area contributed by atoms with Crippen molar-refractivity contribution in [2.75, 3.05) is 11.9 Å². The normalized spacial score (nSPS) is 31.8. The van der Waals surface area contributed by atoms with Crippen molar-refractivity contribution < 1.29 is 9.53 Å². The lowest BCUT2D eigenvalue weighted by atomic mass is 9.54. The first-order valence-electron chi connectivity index (χ1n) is 8.30. The van der Waals surface area contributed by atoms with Gasteiger partial charge in [-0.1, -0.05) is 12.8 Å². The van der Waals surface area contributed by atoms with E-state index in [-0.39, 0.29) is 17.5 Å². The number of aryl methyl sites for hydroxylation is 2. The molecule has 3 atom stereocenters. The van der Waals surface area contributed by atoms with E-state index in [4.69, 9.17) is 4.74 Å².